The smallest absolute Gasteiger partial charge is 0.255 e. The molecular weight excluding hydrogens is 290 g/mol. The summed E-state index contributed by atoms with van der Waals surface area (Å²) < 4.78 is 5.62. The molecule has 0 aliphatic rings. The van der Waals surface area contributed by atoms with Crippen LogP contribution in [0, 0.1) is 0 Å². The zero-order valence-electron chi connectivity index (χ0n) is 13.6. The molecule has 0 saturated carbocycles. The molecule has 2 aromatic carbocycles. The van der Waals surface area contributed by atoms with E-state index in [9.17, 15) is 4.79 Å². The Balaban J connectivity index is 1.90. The van der Waals surface area contributed by atoms with E-state index in [4.69, 9.17) is 10.5 Å². The Morgan fingerprint density at radius 2 is 1.74 bits per heavy atom. The minimum absolute atomic E-state index is 0.144. The monoisotopic (exact) mass is 313 g/mol. The van der Waals surface area contributed by atoms with Crippen molar-refractivity contribution in [1.82, 2.24) is 4.90 Å². The van der Waals surface area contributed by atoms with Crippen molar-refractivity contribution in [3.63, 3.8) is 0 Å². The van der Waals surface area contributed by atoms with Gasteiger partial charge in [-0.1, -0.05) is 12.1 Å². The van der Waals surface area contributed by atoms with E-state index in [-0.39, 0.29) is 5.91 Å². The van der Waals surface area contributed by atoms with Gasteiger partial charge < -0.3 is 20.7 Å². The van der Waals surface area contributed by atoms with E-state index in [1.165, 1.54) is 0 Å². The zero-order valence-corrected chi connectivity index (χ0v) is 13.6. The molecule has 0 spiro atoms. The fourth-order valence-corrected chi connectivity index (χ4v) is 1.98. The Hall–Kier alpha value is -2.37. The summed E-state index contributed by atoms with van der Waals surface area (Å²) in [6.45, 7) is 1.96. The van der Waals surface area contributed by atoms with Gasteiger partial charge in [-0.15, -0.1) is 0 Å². The van der Waals surface area contributed by atoms with Crippen LogP contribution in [-0.2, 0) is 6.54 Å². The van der Waals surface area contributed by atoms with E-state index >= 15 is 0 Å². The van der Waals surface area contributed by atoms with Gasteiger partial charge in [0.1, 0.15) is 12.4 Å². The lowest BCUT2D eigenvalue weighted by Gasteiger charge is -2.11. The average molecular weight is 313 g/mol. The number of nitrogens with one attached hydrogen (secondary N) is 1. The van der Waals surface area contributed by atoms with Crippen LogP contribution in [0.2, 0.25) is 0 Å². The fourth-order valence-electron chi connectivity index (χ4n) is 1.98. The van der Waals surface area contributed by atoms with E-state index in [0.717, 1.165) is 23.5 Å². The van der Waals surface area contributed by atoms with Crippen LogP contribution in [0.5, 0.6) is 5.75 Å². The third kappa shape index (κ3) is 5.39. The molecule has 0 bridgehead atoms. The van der Waals surface area contributed by atoms with Crippen molar-refractivity contribution >= 4 is 11.6 Å². The van der Waals surface area contributed by atoms with Crippen LogP contribution < -0.4 is 15.8 Å². The lowest BCUT2D eigenvalue weighted by Crippen LogP contribution is -2.19. The number of nitrogens with two attached hydrogens (primary N) is 1. The van der Waals surface area contributed by atoms with Gasteiger partial charge in [-0.25, -0.2) is 0 Å². The van der Waals surface area contributed by atoms with Crippen molar-refractivity contribution in [2.24, 2.45) is 5.73 Å². The van der Waals surface area contributed by atoms with E-state index in [2.05, 4.69) is 10.2 Å². The number of carbonyl (C=O) groups is 1. The highest BCUT2D eigenvalue weighted by Gasteiger charge is 2.06. The summed E-state index contributed by atoms with van der Waals surface area (Å²) in [6, 6.07) is 14.6. The van der Waals surface area contributed by atoms with Crippen molar-refractivity contribution in [1.29, 1.82) is 0 Å². The molecule has 0 aromatic heterocycles. The second-order valence-electron chi connectivity index (χ2n) is 5.53. The highest BCUT2D eigenvalue weighted by Crippen LogP contribution is 2.16. The predicted molar refractivity (Wildman–Crippen MR) is 92.8 cm³/mol. The van der Waals surface area contributed by atoms with Crippen LogP contribution >= 0.6 is 0 Å². The first-order chi connectivity index (χ1) is 11.1. The maximum absolute atomic E-state index is 12.2. The number of rotatable bonds is 7. The molecule has 2 aromatic rings. The molecule has 0 unspecified atom stereocenters. The second-order valence-corrected chi connectivity index (χ2v) is 5.53. The fraction of sp³-hybridized carbons (Fsp3) is 0.278. The van der Waals surface area contributed by atoms with Gasteiger partial charge in [-0.05, 0) is 56.1 Å². The van der Waals surface area contributed by atoms with Crippen LogP contribution in [0.15, 0.2) is 48.5 Å². The maximum Gasteiger partial charge on any atom is 0.255 e. The van der Waals surface area contributed by atoms with Gasteiger partial charge in [0.15, 0.2) is 0 Å². The molecule has 2 rings (SSSR count). The zero-order chi connectivity index (χ0) is 16.7. The first kappa shape index (κ1) is 17.0. The van der Waals surface area contributed by atoms with Gasteiger partial charge in [-0.3, -0.25) is 4.79 Å². The number of hydrogen-bond donors (Lipinski definition) is 2. The van der Waals surface area contributed by atoms with Gasteiger partial charge in [0, 0.05) is 24.3 Å². The number of benzene rings is 2. The molecule has 3 N–H and O–H groups in total. The minimum atomic E-state index is -0.144. The number of amides is 1. The van der Waals surface area contributed by atoms with Crippen molar-refractivity contribution in [2.45, 2.75) is 6.54 Å². The first-order valence-electron chi connectivity index (χ1n) is 7.56. The lowest BCUT2D eigenvalue weighted by molar-refractivity contribution is 0.102. The maximum atomic E-state index is 12.2. The number of nitrogens with zero attached hydrogens (tertiary/aromatic N) is 1. The van der Waals surface area contributed by atoms with Crippen LogP contribution in [0.3, 0.4) is 0 Å². The summed E-state index contributed by atoms with van der Waals surface area (Å²) >= 11 is 0. The number of likely N-dealkylation sites (N-methyl/N-ethyl adjacent to an activating group) is 1. The molecule has 5 heteroatoms. The van der Waals surface area contributed by atoms with Gasteiger partial charge in [-0.2, -0.15) is 0 Å². The normalized spacial score (nSPS) is 10.6. The minimum Gasteiger partial charge on any atom is -0.492 e. The van der Waals surface area contributed by atoms with Crippen LogP contribution in [0.25, 0.3) is 0 Å². The molecule has 5 nitrogen and oxygen atoms in total. The topological polar surface area (TPSA) is 67.6 Å². The molecule has 0 atom stereocenters. The van der Waals surface area contributed by atoms with Gasteiger partial charge in [0.25, 0.3) is 5.91 Å². The number of carbonyl (C=O) groups excluding carboxylic acids is 1. The quantitative estimate of drug-likeness (QED) is 0.823. The number of hydrogen-bond acceptors (Lipinski definition) is 4. The summed E-state index contributed by atoms with van der Waals surface area (Å²) in [6.07, 6.45) is 0. The summed E-state index contributed by atoms with van der Waals surface area (Å²) in [4.78, 5) is 14.2. The number of ether oxygens (including phenoxy) is 1. The van der Waals surface area contributed by atoms with Crippen molar-refractivity contribution < 1.29 is 9.53 Å². The van der Waals surface area contributed by atoms with E-state index in [1.54, 1.807) is 12.1 Å². The summed E-state index contributed by atoms with van der Waals surface area (Å²) in [5.41, 5.74) is 7.89. The standard InChI is InChI=1S/C18H23N3O2/c1-21(2)11-12-23-17-9-7-16(8-10-17)20-18(22)15-5-3-14(13-19)4-6-15/h3-10H,11-13,19H2,1-2H3,(H,20,22). The first-order valence-corrected chi connectivity index (χ1v) is 7.56. The van der Waals surface area contributed by atoms with E-state index in [1.807, 2.05) is 50.5 Å². The van der Waals surface area contributed by atoms with Gasteiger partial charge >= 0.3 is 0 Å². The van der Waals surface area contributed by atoms with Gasteiger partial charge in [0.05, 0.1) is 0 Å². The van der Waals surface area contributed by atoms with E-state index in [0.29, 0.717) is 18.7 Å². The molecular formula is C18H23N3O2. The number of anilines is 1. The van der Waals surface area contributed by atoms with Gasteiger partial charge in [0.2, 0.25) is 0 Å². The molecule has 0 aliphatic carbocycles. The van der Waals surface area contributed by atoms with Crippen LogP contribution in [0.1, 0.15) is 15.9 Å². The van der Waals surface area contributed by atoms with Crippen molar-refractivity contribution in [3.8, 4) is 5.75 Å². The Bertz CT molecular complexity index is 622. The highest BCUT2D eigenvalue weighted by atomic mass is 16.5. The second kappa shape index (κ2) is 8.31. The molecule has 1 amide bonds. The average Bonchev–Trinajstić information content (AvgIpc) is 2.56. The predicted octanol–water partition coefficient (Wildman–Crippen LogP) is 2.34. The van der Waals surface area contributed by atoms with Crippen LogP contribution in [-0.4, -0.2) is 38.1 Å². The highest BCUT2D eigenvalue weighted by molar-refractivity contribution is 6.04. The van der Waals surface area contributed by atoms with Crippen molar-refractivity contribution in [2.75, 3.05) is 32.6 Å². The lowest BCUT2D eigenvalue weighted by atomic mass is 10.1. The Labute approximate surface area is 137 Å². The SMILES string of the molecule is CN(C)CCOc1ccc(NC(=O)c2ccc(CN)cc2)cc1. The molecule has 0 fully saturated rings. The Morgan fingerprint density at radius 3 is 2.30 bits per heavy atom. The summed E-state index contributed by atoms with van der Waals surface area (Å²) in [5.74, 6) is 0.645. The Kier molecular flexibility index (Phi) is 6.14. The van der Waals surface area contributed by atoms with Crippen LogP contribution in [0.4, 0.5) is 5.69 Å². The summed E-state index contributed by atoms with van der Waals surface area (Å²) in [7, 11) is 4.00. The van der Waals surface area contributed by atoms with Crippen molar-refractivity contribution in [3.05, 3.63) is 59.7 Å². The molecule has 0 heterocycles. The molecule has 0 saturated heterocycles. The molecule has 122 valence electrons. The Morgan fingerprint density at radius 1 is 1.09 bits per heavy atom. The molecule has 0 radical (unpaired) electrons. The molecule has 0 aliphatic heterocycles. The summed E-state index contributed by atoms with van der Waals surface area (Å²) in [5, 5.41) is 2.86. The largest absolute Gasteiger partial charge is 0.492 e. The van der Waals surface area contributed by atoms with E-state index < -0.39 is 0 Å². The third-order valence-electron chi connectivity index (χ3n) is 3.37. The molecule has 23 heavy (non-hydrogen) atoms. The third-order valence-corrected chi connectivity index (χ3v) is 3.37.